The van der Waals surface area contributed by atoms with Gasteiger partial charge in [0.1, 0.15) is 11.6 Å². The Bertz CT molecular complexity index is 769. The molecular weight excluding hydrogens is 314 g/mol. The lowest BCUT2D eigenvalue weighted by Crippen LogP contribution is -2.08. The number of carbonyl (C=O) groups is 1. The Morgan fingerprint density at radius 1 is 1.21 bits per heavy atom. The summed E-state index contributed by atoms with van der Waals surface area (Å²) in [6, 6.07) is 5.37. The number of carbonyl (C=O) groups excluding carboxylic acids is 1. The summed E-state index contributed by atoms with van der Waals surface area (Å²) in [5.74, 6) is -2.20. The van der Waals surface area contributed by atoms with Crippen LogP contribution in [0.5, 0.6) is 11.5 Å². The lowest BCUT2D eigenvalue weighted by molar-refractivity contribution is -0.130. The van der Waals surface area contributed by atoms with Gasteiger partial charge in [0, 0.05) is 11.6 Å². The van der Waals surface area contributed by atoms with Gasteiger partial charge in [-0.05, 0) is 30.9 Å². The Balaban J connectivity index is 2.29. The van der Waals surface area contributed by atoms with Gasteiger partial charge in [-0.15, -0.1) is 0 Å². The van der Waals surface area contributed by atoms with E-state index < -0.39 is 17.6 Å². The van der Waals surface area contributed by atoms with E-state index in [0.29, 0.717) is 6.61 Å². The van der Waals surface area contributed by atoms with E-state index in [9.17, 15) is 13.6 Å². The van der Waals surface area contributed by atoms with Gasteiger partial charge in [0.25, 0.3) is 0 Å². The number of esters is 1. The highest BCUT2D eigenvalue weighted by Gasteiger charge is 2.16. The number of ether oxygens (including phenoxy) is 2. The molecule has 0 fully saturated rings. The summed E-state index contributed by atoms with van der Waals surface area (Å²) in [5.41, 5.74) is 0.192. The standard InChI is InChI=1S/C19H20F2O3/c1-4-5-6-9-23-16-8-7-13-10-14(24-19(22)12(2)3)11-15(20)17(13)18(16)21/h7-8,10-11H,2,4-6,9H2,1,3H3. The fourth-order valence-corrected chi connectivity index (χ4v) is 2.23. The molecule has 0 N–H and O–H groups in total. The van der Waals surface area contributed by atoms with Crippen LogP contribution in [0.25, 0.3) is 10.8 Å². The molecule has 24 heavy (non-hydrogen) atoms. The van der Waals surface area contributed by atoms with Gasteiger partial charge < -0.3 is 9.47 Å². The first kappa shape index (κ1) is 17.9. The SMILES string of the molecule is C=C(C)C(=O)Oc1cc(F)c2c(F)c(OCCCCC)ccc2c1. The van der Waals surface area contributed by atoms with Crippen molar-refractivity contribution in [3.8, 4) is 11.5 Å². The summed E-state index contributed by atoms with van der Waals surface area (Å²) in [6.45, 7) is 7.39. The zero-order valence-corrected chi connectivity index (χ0v) is 13.8. The van der Waals surface area contributed by atoms with Crippen molar-refractivity contribution in [2.75, 3.05) is 6.61 Å². The van der Waals surface area contributed by atoms with Crippen molar-refractivity contribution in [3.63, 3.8) is 0 Å². The minimum absolute atomic E-state index is 0.00372. The van der Waals surface area contributed by atoms with Gasteiger partial charge in [-0.2, -0.15) is 0 Å². The first-order valence-electron chi connectivity index (χ1n) is 7.86. The molecule has 2 rings (SSSR count). The monoisotopic (exact) mass is 334 g/mol. The van der Waals surface area contributed by atoms with Crippen LogP contribution in [0.4, 0.5) is 8.78 Å². The molecule has 3 nitrogen and oxygen atoms in total. The van der Waals surface area contributed by atoms with Crippen LogP contribution in [0.3, 0.4) is 0 Å². The topological polar surface area (TPSA) is 35.5 Å². The van der Waals surface area contributed by atoms with Crippen molar-refractivity contribution < 1.29 is 23.0 Å². The average molecular weight is 334 g/mol. The van der Waals surface area contributed by atoms with Crippen molar-refractivity contribution >= 4 is 16.7 Å². The van der Waals surface area contributed by atoms with E-state index in [1.165, 1.54) is 25.1 Å². The van der Waals surface area contributed by atoms with Crippen LogP contribution >= 0.6 is 0 Å². The van der Waals surface area contributed by atoms with Crippen LogP contribution in [0, 0.1) is 11.6 Å². The Morgan fingerprint density at radius 3 is 2.62 bits per heavy atom. The molecule has 0 aromatic heterocycles. The van der Waals surface area contributed by atoms with Crippen molar-refractivity contribution in [2.45, 2.75) is 33.1 Å². The fraction of sp³-hybridized carbons (Fsp3) is 0.316. The maximum absolute atomic E-state index is 14.5. The maximum atomic E-state index is 14.5. The molecule has 5 heteroatoms. The Hall–Kier alpha value is -2.43. The molecule has 0 aliphatic rings. The molecule has 0 heterocycles. The summed E-state index contributed by atoms with van der Waals surface area (Å²) < 4.78 is 39.1. The summed E-state index contributed by atoms with van der Waals surface area (Å²) in [7, 11) is 0. The number of unbranched alkanes of at least 4 members (excludes halogenated alkanes) is 2. The Kier molecular flexibility index (Phi) is 5.90. The summed E-state index contributed by atoms with van der Waals surface area (Å²) in [6.07, 6.45) is 2.83. The van der Waals surface area contributed by atoms with Crippen molar-refractivity contribution in [1.82, 2.24) is 0 Å². The molecule has 0 saturated heterocycles. The van der Waals surface area contributed by atoms with Crippen LogP contribution in [0.1, 0.15) is 33.1 Å². The first-order chi connectivity index (χ1) is 11.4. The van der Waals surface area contributed by atoms with Gasteiger partial charge in [0.2, 0.25) is 0 Å². The van der Waals surface area contributed by atoms with Crippen molar-refractivity contribution in [2.24, 2.45) is 0 Å². The van der Waals surface area contributed by atoms with E-state index in [1.807, 2.05) is 0 Å². The van der Waals surface area contributed by atoms with Crippen molar-refractivity contribution in [3.05, 3.63) is 48.1 Å². The van der Waals surface area contributed by atoms with Crippen LogP contribution in [0.15, 0.2) is 36.4 Å². The minimum atomic E-state index is -0.812. The van der Waals surface area contributed by atoms with E-state index in [1.54, 1.807) is 0 Å². The Morgan fingerprint density at radius 2 is 1.96 bits per heavy atom. The predicted octanol–water partition coefficient (Wildman–Crippen LogP) is 5.17. The van der Waals surface area contributed by atoms with E-state index in [-0.39, 0.29) is 27.8 Å². The van der Waals surface area contributed by atoms with Crippen LogP contribution in [-0.2, 0) is 4.79 Å². The molecule has 128 valence electrons. The third kappa shape index (κ3) is 4.10. The molecule has 2 aromatic rings. The molecule has 0 atom stereocenters. The largest absolute Gasteiger partial charge is 0.490 e. The third-order valence-electron chi connectivity index (χ3n) is 3.51. The van der Waals surface area contributed by atoms with Gasteiger partial charge in [-0.1, -0.05) is 32.4 Å². The lowest BCUT2D eigenvalue weighted by Gasteiger charge is -2.11. The molecule has 0 spiro atoms. The van der Waals surface area contributed by atoms with E-state index in [0.717, 1.165) is 25.3 Å². The normalized spacial score (nSPS) is 10.7. The Labute approximate surface area is 139 Å². The van der Waals surface area contributed by atoms with E-state index in [4.69, 9.17) is 9.47 Å². The zero-order valence-electron chi connectivity index (χ0n) is 13.8. The molecule has 0 aliphatic carbocycles. The summed E-state index contributed by atoms with van der Waals surface area (Å²) in [5, 5.41) is 0.107. The van der Waals surface area contributed by atoms with Gasteiger partial charge >= 0.3 is 5.97 Å². The van der Waals surface area contributed by atoms with Crippen LogP contribution in [0.2, 0.25) is 0 Å². The minimum Gasteiger partial charge on any atom is -0.490 e. The van der Waals surface area contributed by atoms with Gasteiger partial charge in [-0.3, -0.25) is 0 Å². The molecule has 0 radical (unpaired) electrons. The first-order valence-corrected chi connectivity index (χ1v) is 7.86. The number of halogens is 2. The second kappa shape index (κ2) is 7.90. The van der Waals surface area contributed by atoms with Gasteiger partial charge in [0.15, 0.2) is 11.6 Å². The molecule has 0 bridgehead atoms. The fourth-order valence-electron chi connectivity index (χ4n) is 2.23. The predicted molar refractivity (Wildman–Crippen MR) is 89.3 cm³/mol. The zero-order chi connectivity index (χ0) is 17.7. The number of benzene rings is 2. The molecule has 0 saturated carbocycles. The van der Waals surface area contributed by atoms with Crippen LogP contribution < -0.4 is 9.47 Å². The molecule has 0 aliphatic heterocycles. The highest BCUT2D eigenvalue weighted by Crippen LogP contribution is 2.32. The number of fused-ring (bicyclic) bond motifs is 1. The van der Waals surface area contributed by atoms with E-state index >= 15 is 0 Å². The smallest absolute Gasteiger partial charge is 0.338 e. The molecular formula is C19H20F2O3. The lowest BCUT2D eigenvalue weighted by atomic mass is 10.1. The van der Waals surface area contributed by atoms with Gasteiger partial charge in [0.05, 0.1) is 12.0 Å². The number of hydrogen-bond acceptors (Lipinski definition) is 3. The van der Waals surface area contributed by atoms with Crippen LogP contribution in [-0.4, -0.2) is 12.6 Å². The molecule has 0 unspecified atom stereocenters. The van der Waals surface area contributed by atoms with Crippen molar-refractivity contribution in [1.29, 1.82) is 0 Å². The number of hydrogen-bond donors (Lipinski definition) is 0. The second-order valence-electron chi connectivity index (χ2n) is 5.61. The second-order valence-corrected chi connectivity index (χ2v) is 5.61. The summed E-state index contributed by atoms with van der Waals surface area (Å²) in [4.78, 5) is 11.5. The maximum Gasteiger partial charge on any atom is 0.338 e. The highest BCUT2D eigenvalue weighted by atomic mass is 19.1. The highest BCUT2D eigenvalue weighted by molar-refractivity contribution is 5.91. The number of rotatable bonds is 7. The van der Waals surface area contributed by atoms with E-state index in [2.05, 4.69) is 13.5 Å². The third-order valence-corrected chi connectivity index (χ3v) is 3.51. The molecule has 0 amide bonds. The molecule has 2 aromatic carbocycles. The average Bonchev–Trinajstić information content (AvgIpc) is 2.52. The summed E-state index contributed by atoms with van der Waals surface area (Å²) >= 11 is 0. The quantitative estimate of drug-likeness (QED) is 0.303. The van der Waals surface area contributed by atoms with Gasteiger partial charge in [-0.25, -0.2) is 13.6 Å².